The van der Waals surface area contributed by atoms with E-state index < -0.39 is 5.97 Å². The van der Waals surface area contributed by atoms with Gasteiger partial charge in [0.05, 0.1) is 5.75 Å². The number of aliphatic carboxylic acids is 1. The number of piperidine rings is 1. The normalized spacial score (nSPS) is 17.5. The van der Waals surface area contributed by atoms with Crippen molar-refractivity contribution in [2.45, 2.75) is 43.8 Å². The monoisotopic (exact) mass is 298 g/mol. The Balaban J connectivity index is 2.17. The van der Waals surface area contributed by atoms with Gasteiger partial charge in [0.25, 0.3) is 0 Å². The van der Waals surface area contributed by atoms with Crippen molar-refractivity contribution >= 4 is 17.7 Å². The average molecular weight is 298 g/mol. The van der Waals surface area contributed by atoms with E-state index in [0.29, 0.717) is 6.04 Å². The van der Waals surface area contributed by atoms with E-state index in [1.807, 2.05) is 0 Å². The number of aromatic nitrogens is 3. The molecule has 0 saturated carbocycles. The predicted molar refractivity (Wildman–Crippen MR) is 78.1 cm³/mol. The molecular weight excluding hydrogens is 276 g/mol. The third-order valence-corrected chi connectivity index (χ3v) is 4.51. The zero-order valence-electron chi connectivity index (χ0n) is 12.1. The van der Waals surface area contributed by atoms with E-state index in [0.717, 1.165) is 49.8 Å². The summed E-state index contributed by atoms with van der Waals surface area (Å²) in [5.74, 6) is 0.219. The van der Waals surface area contributed by atoms with Crippen LogP contribution in [0.2, 0.25) is 0 Å². The third-order valence-electron chi connectivity index (χ3n) is 3.59. The van der Waals surface area contributed by atoms with Crippen LogP contribution in [0.1, 0.15) is 38.1 Å². The van der Waals surface area contributed by atoms with Gasteiger partial charge in [0.2, 0.25) is 0 Å². The van der Waals surface area contributed by atoms with Crippen molar-refractivity contribution in [3.63, 3.8) is 0 Å². The average Bonchev–Trinajstić information content (AvgIpc) is 2.81. The number of likely N-dealkylation sites (tertiary alicyclic amines) is 1. The fourth-order valence-corrected chi connectivity index (χ4v) is 3.29. The van der Waals surface area contributed by atoms with Crippen LogP contribution in [0.15, 0.2) is 5.16 Å². The number of hydrogen-bond donors (Lipinski definition) is 1. The molecular formula is C13H22N4O2S. The number of rotatable bonds is 6. The van der Waals surface area contributed by atoms with Gasteiger partial charge in [-0.1, -0.05) is 18.7 Å². The second-order valence-corrected chi connectivity index (χ2v) is 6.18. The Bertz CT molecular complexity index is 455. The van der Waals surface area contributed by atoms with E-state index >= 15 is 0 Å². The molecule has 0 spiro atoms. The van der Waals surface area contributed by atoms with Gasteiger partial charge in [-0.3, -0.25) is 4.79 Å². The lowest BCUT2D eigenvalue weighted by molar-refractivity contribution is -0.133. The highest BCUT2D eigenvalue weighted by molar-refractivity contribution is 7.99. The maximum Gasteiger partial charge on any atom is 0.313 e. The van der Waals surface area contributed by atoms with Crippen LogP contribution in [0.4, 0.5) is 0 Å². The van der Waals surface area contributed by atoms with Crippen molar-refractivity contribution in [3.8, 4) is 0 Å². The fourth-order valence-electron chi connectivity index (χ4n) is 2.55. The molecule has 0 aliphatic carbocycles. The molecule has 20 heavy (non-hydrogen) atoms. The number of thioether (sulfide) groups is 1. The molecule has 2 rings (SSSR count). The number of nitrogens with zero attached hydrogens (tertiary/aromatic N) is 4. The molecule has 1 aromatic heterocycles. The number of carbonyl (C=O) groups is 1. The summed E-state index contributed by atoms with van der Waals surface area (Å²) in [6, 6.07) is 0.402. The first-order valence-electron chi connectivity index (χ1n) is 7.08. The lowest BCUT2D eigenvalue weighted by Gasteiger charge is -2.31. The largest absolute Gasteiger partial charge is 0.481 e. The van der Waals surface area contributed by atoms with Crippen molar-refractivity contribution < 1.29 is 9.90 Å². The van der Waals surface area contributed by atoms with Crippen LogP contribution < -0.4 is 0 Å². The summed E-state index contributed by atoms with van der Waals surface area (Å²) in [7, 11) is 2.13. The highest BCUT2D eigenvalue weighted by Gasteiger charge is 2.24. The van der Waals surface area contributed by atoms with E-state index in [9.17, 15) is 4.79 Å². The van der Waals surface area contributed by atoms with Gasteiger partial charge in [-0.15, -0.1) is 10.2 Å². The molecule has 1 N–H and O–H groups in total. The standard InChI is InChI=1S/C13H22N4O2S/c1-3-4-11-14-15-13(20-9-12(18)19)17(11)10-5-7-16(2)8-6-10/h10H,3-9H2,1-2H3,(H,18,19). The number of aryl methyl sites for hydroxylation is 1. The molecule has 0 aromatic carbocycles. The third kappa shape index (κ3) is 3.73. The van der Waals surface area contributed by atoms with Crippen molar-refractivity contribution in [2.24, 2.45) is 0 Å². The fraction of sp³-hybridized carbons (Fsp3) is 0.769. The Labute approximate surface area is 123 Å². The molecule has 0 radical (unpaired) electrons. The van der Waals surface area contributed by atoms with Gasteiger partial charge in [-0.2, -0.15) is 0 Å². The first-order valence-corrected chi connectivity index (χ1v) is 8.07. The zero-order chi connectivity index (χ0) is 14.5. The molecule has 0 atom stereocenters. The SMILES string of the molecule is CCCc1nnc(SCC(=O)O)n1C1CCN(C)CC1. The Kier molecular flexibility index (Phi) is 5.42. The molecule has 0 bridgehead atoms. The minimum absolute atomic E-state index is 0.0386. The van der Waals surface area contributed by atoms with Crippen LogP contribution in [-0.4, -0.2) is 56.6 Å². The number of hydrogen-bond acceptors (Lipinski definition) is 5. The van der Waals surface area contributed by atoms with Gasteiger partial charge in [0.15, 0.2) is 5.16 Å². The van der Waals surface area contributed by atoms with Gasteiger partial charge in [0, 0.05) is 12.5 Å². The Morgan fingerprint density at radius 2 is 2.10 bits per heavy atom. The Morgan fingerprint density at radius 3 is 2.70 bits per heavy atom. The van der Waals surface area contributed by atoms with Crippen LogP contribution >= 0.6 is 11.8 Å². The Hall–Kier alpha value is -1.08. The predicted octanol–water partition coefficient (Wildman–Crippen LogP) is 1.67. The van der Waals surface area contributed by atoms with Gasteiger partial charge < -0.3 is 14.6 Å². The van der Waals surface area contributed by atoms with Crippen molar-refractivity contribution in [2.75, 3.05) is 25.9 Å². The lowest BCUT2D eigenvalue weighted by Crippen LogP contribution is -2.32. The summed E-state index contributed by atoms with van der Waals surface area (Å²) in [6.07, 6.45) is 4.07. The van der Waals surface area contributed by atoms with Crippen LogP contribution in [0.25, 0.3) is 0 Å². The summed E-state index contributed by atoms with van der Waals surface area (Å²) in [4.78, 5) is 13.1. The maximum absolute atomic E-state index is 10.8. The van der Waals surface area contributed by atoms with Crippen LogP contribution in [0.3, 0.4) is 0 Å². The van der Waals surface area contributed by atoms with Crippen molar-refractivity contribution in [1.29, 1.82) is 0 Å². The van der Waals surface area contributed by atoms with Crippen LogP contribution in [0.5, 0.6) is 0 Å². The smallest absolute Gasteiger partial charge is 0.313 e. The topological polar surface area (TPSA) is 71.2 Å². The van der Waals surface area contributed by atoms with Crippen molar-refractivity contribution in [1.82, 2.24) is 19.7 Å². The second-order valence-electron chi connectivity index (χ2n) is 5.24. The van der Waals surface area contributed by atoms with Crippen LogP contribution in [0, 0.1) is 0 Å². The molecule has 0 unspecified atom stereocenters. The second kappa shape index (κ2) is 7.08. The molecule has 1 aliphatic heterocycles. The highest BCUT2D eigenvalue weighted by Crippen LogP contribution is 2.29. The van der Waals surface area contributed by atoms with Gasteiger partial charge >= 0.3 is 5.97 Å². The van der Waals surface area contributed by atoms with E-state index in [4.69, 9.17) is 5.11 Å². The summed E-state index contributed by atoms with van der Waals surface area (Å²) in [5, 5.41) is 18.1. The van der Waals surface area contributed by atoms with E-state index in [1.54, 1.807) is 0 Å². The summed E-state index contributed by atoms with van der Waals surface area (Å²) in [6.45, 7) is 4.26. The molecule has 1 aromatic rings. The lowest BCUT2D eigenvalue weighted by atomic mass is 10.1. The van der Waals surface area contributed by atoms with Gasteiger partial charge in [0.1, 0.15) is 5.82 Å². The first-order chi connectivity index (χ1) is 9.61. The molecule has 1 saturated heterocycles. The van der Waals surface area contributed by atoms with E-state index in [2.05, 4.69) is 33.6 Å². The molecule has 1 fully saturated rings. The molecule has 2 heterocycles. The summed E-state index contributed by atoms with van der Waals surface area (Å²) < 4.78 is 2.18. The first kappa shape index (κ1) is 15.3. The molecule has 6 nitrogen and oxygen atoms in total. The van der Waals surface area contributed by atoms with E-state index in [-0.39, 0.29) is 5.75 Å². The molecule has 7 heteroatoms. The van der Waals surface area contributed by atoms with Gasteiger partial charge in [-0.25, -0.2) is 0 Å². The number of carboxylic acid groups (broad SMARTS) is 1. The maximum atomic E-state index is 10.8. The van der Waals surface area contributed by atoms with Crippen LogP contribution in [-0.2, 0) is 11.2 Å². The van der Waals surface area contributed by atoms with Crippen molar-refractivity contribution in [3.05, 3.63) is 5.82 Å². The molecule has 112 valence electrons. The minimum atomic E-state index is -0.815. The summed E-state index contributed by atoms with van der Waals surface area (Å²) >= 11 is 1.27. The molecule has 0 amide bonds. The number of carboxylic acids is 1. The Morgan fingerprint density at radius 1 is 1.40 bits per heavy atom. The quantitative estimate of drug-likeness (QED) is 0.806. The summed E-state index contributed by atoms with van der Waals surface area (Å²) in [5.41, 5.74) is 0. The molecule has 1 aliphatic rings. The minimum Gasteiger partial charge on any atom is -0.481 e. The highest BCUT2D eigenvalue weighted by atomic mass is 32.2. The zero-order valence-corrected chi connectivity index (χ0v) is 12.9. The van der Waals surface area contributed by atoms with Gasteiger partial charge in [-0.05, 0) is 39.4 Å². The van der Waals surface area contributed by atoms with E-state index in [1.165, 1.54) is 11.8 Å².